The molecule has 0 aliphatic carbocycles. The monoisotopic (exact) mass is 599 g/mol. The number of nitrogens with one attached hydrogen (secondary N) is 1. The van der Waals surface area contributed by atoms with Gasteiger partial charge in [0.15, 0.2) is 0 Å². The van der Waals surface area contributed by atoms with Gasteiger partial charge < -0.3 is 10.2 Å². The van der Waals surface area contributed by atoms with Crippen LogP contribution in [-0.4, -0.2) is 43.8 Å². The summed E-state index contributed by atoms with van der Waals surface area (Å²) in [6, 6.07) is 21.6. The van der Waals surface area contributed by atoms with Crippen LogP contribution in [0.25, 0.3) is 0 Å². The van der Waals surface area contributed by atoms with Crippen LogP contribution in [0.15, 0.2) is 88.2 Å². The summed E-state index contributed by atoms with van der Waals surface area (Å²) in [5.74, 6) is -0.784. The van der Waals surface area contributed by atoms with E-state index in [-0.39, 0.29) is 23.4 Å². The third-order valence-electron chi connectivity index (χ3n) is 6.31. The lowest BCUT2D eigenvalue weighted by Gasteiger charge is -2.32. The largest absolute Gasteiger partial charge is 0.352 e. The zero-order valence-corrected chi connectivity index (χ0v) is 24.5. The second-order valence-electron chi connectivity index (χ2n) is 9.31. The highest BCUT2D eigenvalue weighted by molar-refractivity contribution is 9.10. The predicted octanol–water partition coefficient (Wildman–Crippen LogP) is 5.28. The fourth-order valence-electron chi connectivity index (χ4n) is 3.91. The minimum Gasteiger partial charge on any atom is -0.352 e. The summed E-state index contributed by atoms with van der Waals surface area (Å²) in [5, 5.41) is 2.94. The van der Waals surface area contributed by atoms with Gasteiger partial charge in [-0.25, -0.2) is 8.42 Å². The highest BCUT2D eigenvalue weighted by Crippen LogP contribution is 2.25. The van der Waals surface area contributed by atoms with Gasteiger partial charge in [0, 0.05) is 17.1 Å². The molecule has 3 rings (SSSR count). The molecule has 0 aliphatic rings. The molecule has 7 nitrogen and oxygen atoms in total. The molecular weight excluding hydrogens is 566 g/mol. The van der Waals surface area contributed by atoms with Crippen molar-refractivity contribution in [3.8, 4) is 0 Å². The van der Waals surface area contributed by atoms with Crippen LogP contribution in [0.5, 0.6) is 0 Å². The standard InChI is InChI=1S/C29H34BrN3O4S/c1-5-22(3)31-29(35)23(4)32(19-24-12-10-13-25(30)18-24)28(34)20-33(26-14-9-11-21(2)17-26)38(36,37)27-15-7-6-8-16-27/h6-18,22-23H,5,19-20H2,1-4H3,(H,31,35)/t22-,23+/m0/s1. The molecule has 0 fully saturated rings. The zero-order chi connectivity index (χ0) is 27.9. The number of hydrogen-bond donors (Lipinski definition) is 1. The first-order valence-corrected chi connectivity index (χ1v) is 14.7. The van der Waals surface area contributed by atoms with Gasteiger partial charge in [0.25, 0.3) is 10.0 Å². The lowest BCUT2D eigenvalue weighted by molar-refractivity contribution is -0.139. The lowest BCUT2D eigenvalue weighted by atomic mass is 10.1. The maximum Gasteiger partial charge on any atom is 0.264 e. The number of anilines is 1. The van der Waals surface area contributed by atoms with E-state index in [1.54, 1.807) is 43.3 Å². The first-order chi connectivity index (χ1) is 18.0. The van der Waals surface area contributed by atoms with Gasteiger partial charge in [-0.15, -0.1) is 0 Å². The molecule has 202 valence electrons. The molecule has 9 heteroatoms. The topological polar surface area (TPSA) is 86.8 Å². The second kappa shape index (κ2) is 13.1. The van der Waals surface area contributed by atoms with E-state index in [2.05, 4.69) is 21.2 Å². The van der Waals surface area contributed by atoms with E-state index in [0.29, 0.717) is 5.69 Å². The molecule has 0 aromatic heterocycles. The van der Waals surface area contributed by atoms with Crippen molar-refractivity contribution in [1.82, 2.24) is 10.2 Å². The number of hydrogen-bond acceptors (Lipinski definition) is 4. The first-order valence-electron chi connectivity index (χ1n) is 12.5. The number of sulfonamides is 1. The van der Waals surface area contributed by atoms with Gasteiger partial charge in [0.1, 0.15) is 12.6 Å². The van der Waals surface area contributed by atoms with Crippen molar-refractivity contribution in [2.24, 2.45) is 0 Å². The van der Waals surface area contributed by atoms with E-state index in [4.69, 9.17) is 0 Å². The van der Waals surface area contributed by atoms with Gasteiger partial charge in [-0.1, -0.05) is 65.3 Å². The average Bonchev–Trinajstić information content (AvgIpc) is 2.90. The molecule has 3 aromatic rings. The molecule has 2 amide bonds. The smallest absolute Gasteiger partial charge is 0.264 e. The number of halogens is 1. The fraction of sp³-hybridized carbons (Fsp3) is 0.310. The molecule has 0 bridgehead atoms. The van der Waals surface area contributed by atoms with Crippen LogP contribution in [0.2, 0.25) is 0 Å². The van der Waals surface area contributed by atoms with Crippen molar-refractivity contribution in [3.05, 3.63) is 94.5 Å². The molecule has 0 unspecified atom stereocenters. The third kappa shape index (κ3) is 7.45. The van der Waals surface area contributed by atoms with Gasteiger partial charge in [0.2, 0.25) is 11.8 Å². The highest BCUT2D eigenvalue weighted by atomic mass is 79.9. The Kier molecular flexibility index (Phi) is 10.1. The minimum absolute atomic E-state index is 0.0602. The Labute approximate surface area is 234 Å². The number of carbonyl (C=O) groups excluding carboxylic acids is 2. The zero-order valence-electron chi connectivity index (χ0n) is 22.1. The number of carbonyl (C=O) groups is 2. The van der Waals surface area contributed by atoms with Crippen LogP contribution < -0.4 is 9.62 Å². The van der Waals surface area contributed by atoms with E-state index in [1.807, 2.05) is 51.1 Å². The Balaban J connectivity index is 2.02. The van der Waals surface area contributed by atoms with Crippen molar-refractivity contribution in [2.45, 2.75) is 57.6 Å². The van der Waals surface area contributed by atoms with Crippen molar-refractivity contribution >= 4 is 43.5 Å². The van der Waals surface area contributed by atoms with E-state index in [9.17, 15) is 18.0 Å². The van der Waals surface area contributed by atoms with E-state index >= 15 is 0 Å². The quantitative estimate of drug-likeness (QED) is 0.324. The Bertz CT molecular complexity index is 1370. The van der Waals surface area contributed by atoms with Crippen molar-refractivity contribution in [1.29, 1.82) is 0 Å². The Morgan fingerprint density at radius 1 is 0.947 bits per heavy atom. The van der Waals surface area contributed by atoms with Gasteiger partial charge in [-0.3, -0.25) is 13.9 Å². The van der Waals surface area contributed by atoms with Crippen LogP contribution in [0.3, 0.4) is 0 Å². The average molecular weight is 601 g/mol. The van der Waals surface area contributed by atoms with Crippen LogP contribution in [-0.2, 0) is 26.2 Å². The maximum atomic E-state index is 13.9. The van der Waals surface area contributed by atoms with Gasteiger partial charge in [-0.2, -0.15) is 0 Å². The van der Waals surface area contributed by atoms with Crippen molar-refractivity contribution < 1.29 is 18.0 Å². The van der Waals surface area contributed by atoms with Gasteiger partial charge in [-0.05, 0) is 74.7 Å². The molecular formula is C29H34BrN3O4S. The van der Waals surface area contributed by atoms with E-state index in [1.165, 1.54) is 17.0 Å². The Morgan fingerprint density at radius 3 is 2.26 bits per heavy atom. The molecule has 0 saturated heterocycles. The number of rotatable bonds is 11. The molecule has 3 aromatic carbocycles. The summed E-state index contributed by atoms with van der Waals surface area (Å²) in [6.45, 7) is 7.07. The summed E-state index contributed by atoms with van der Waals surface area (Å²) in [5.41, 5.74) is 2.04. The van der Waals surface area contributed by atoms with Crippen molar-refractivity contribution in [2.75, 3.05) is 10.8 Å². The van der Waals surface area contributed by atoms with Crippen LogP contribution in [0.4, 0.5) is 5.69 Å². The number of benzene rings is 3. The van der Waals surface area contributed by atoms with E-state index < -0.39 is 28.5 Å². The molecule has 0 radical (unpaired) electrons. The van der Waals surface area contributed by atoms with Crippen LogP contribution >= 0.6 is 15.9 Å². The summed E-state index contributed by atoms with van der Waals surface area (Å²) in [6.07, 6.45) is 0.745. The number of aryl methyl sites for hydroxylation is 1. The summed E-state index contributed by atoms with van der Waals surface area (Å²) in [4.78, 5) is 28.5. The predicted molar refractivity (Wildman–Crippen MR) is 154 cm³/mol. The molecule has 0 spiro atoms. The molecule has 0 heterocycles. The number of amides is 2. The van der Waals surface area contributed by atoms with Crippen molar-refractivity contribution in [3.63, 3.8) is 0 Å². The first kappa shape index (κ1) is 29.4. The van der Waals surface area contributed by atoms with Gasteiger partial charge >= 0.3 is 0 Å². The maximum absolute atomic E-state index is 13.9. The Morgan fingerprint density at radius 2 is 1.63 bits per heavy atom. The molecule has 2 atom stereocenters. The minimum atomic E-state index is -4.07. The van der Waals surface area contributed by atoms with E-state index in [0.717, 1.165) is 26.3 Å². The molecule has 1 N–H and O–H groups in total. The molecule has 38 heavy (non-hydrogen) atoms. The van der Waals surface area contributed by atoms with Crippen LogP contribution in [0.1, 0.15) is 38.3 Å². The SMILES string of the molecule is CC[C@H](C)NC(=O)[C@@H](C)N(Cc1cccc(Br)c1)C(=O)CN(c1cccc(C)c1)S(=O)(=O)c1ccccc1. The normalized spacial score (nSPS) is 12.9. The fourth-order valence-corrected chi connectivity index (χ4v) is 5.79. The highest BCUT2D eigenvalue weighted by Gasteiger charge is 2.32. The Hall–Kier alpha value is -3.17. The number of nitrogens with zero attached hydrogens (tertiary/aromatic N) is 2. The lowest BCUT2D eigenvalue weighted by Crippen LogP contribution is -2.52. The molecule has 0 saturated carbocycles. The molecule has 0 aliphatic heterocycles. The summed E-state index contributed by atoms with van der Waals surface area (Å²) in [7, 11) is -4.07. The second-order valence-corrected chi connectivity index (χ2v) is 12.1. The summed E-state index contributed by atoms with van der Waals surface area (Å²) >= 11 is 3.46. The third-order valence-corrected chi connectivity index (χ3v) is 8.59. The van der Waals surface area contributed by atoms with Gasteiger partial charge in [0.05, 0.1) is 10.6 Å². The summed E-state index contributed by atoms with van der Waals surface area (Å²) < 4.78 is 29.5. The van der Waals surface area contributed by atoms with Crippen LogP contribution in [0, 0.1) is 6.92 Å².